The van der Waals surface area contributed by atoms with E-state index in [0.717, 1.165) is 0 Å². The molecule has 1 heterocycles. The summed E-state index contributed by atoms with van der Waals surface area (Å²) in [5, 5.41) is 5.62. The minimum Gasteiger partial charge on any atom is -0.342 e. The van der Waals surface area contributed by atoms with Gasteiger partial charge in [0.15, 0.2) is 5.96 Å². The fraction of sp³-hybridized carbons (Fsp3) is 0.714. The largest absolute Gasteiger partial charge is 0.342 e. The van der Waals surface area contributed by atoms with Crippen LogP contribution < -0.4 is 10.6 Å². The molecular weight excluding hydrogens is 142 g/mol. The molecule has 0 saturated carbocycles. The Bertz CT molecular complexity index is 208. The summed E-state index contributed by atoms with van der Waals surface area (Å²) in [4.78, 5) is 15.2. The van der Waals surface area contributed by atoms with Crippen LogP contribution in [0.25, 0.3) is 0 Å². The first-order valence-corrected chi connectivity index (χ1v) is 3.70. The molecule has 1 aliphatic heterocycles. The molecule has 1 fully saturated rings. The van der Waals surface area contributed by atoms with Gasteiger partial charge in [-0.05, 0) is 20.8 Å². The Morgan fingerprint density at radius 2 is 2.18 bits per heavy atom. The minimum absolute atomic E-state index is 0.0234. The van der Waals surface area contributed by atoms with E-state index in [2.05, 4.69) is 15.6 Å². The smallest absolute Gasteiger partial charge is 0.251 e. The van der Waals surface area contributed by atoms with Gasteiger partial charge >= 0.3 is 0 Å². The molecule has 1 amide bonds. The third-order valence-electron chi connectivity index (χ3n) is 1.55. The average Bonchev–Trinajstić information content (AvgIpc) is 2.08. The lowest BCUT2D eigenvalue weighted by Crippen LogP contribution is -2.40. The van der Waals surface area contributed by atoms with Crippen molar-refractivity contribution in [3.05, 3.63) is 0 Å². The maximum absolute atomic E-state index is 11.1. The number of carbonyl (C=O) groups excluding carboxylic acids is 1. The normalized spacial score (nSPS) is 25.0. The first-order valence-electron chi connectivity index (χ1n) is 3.70. The molecule has 2 N–H and O–H groups in total. The molecule has 0 radical (unpaired) electrons. The van der Waals surface area contributed by atoms with Crippen molar-refractivity contribution >= 4 is 11.9 Å². The second-order valence-electron chi connectivity index (χ2n) is 3.03. The van der Waals surface area contributed by atoms with Crippen LogP contribution in [-0.2, 0) is 4.79 Å². The average molecular weight is 155 g/mol. The number of amides is 1. The predicted octanol–water partition coefficient (Wildman–Crippen LogP) is -0.140. The van der Waals surface area contributed by atoms with E-state index in [4.69, 9.17) is 0 Å². The van der Waals surface area contributed by atoms with Crippen molar-refractivity contribution in [2.24, 2.45) is 4.99 Å². The Morgan fingerprint density at radius 3 is 2.55 bits per heavy atom. The summed E-state index contributed by atoms with van der Waals surface area (Å²) >= 11 is 0. The van der Waals surface area contributed by atoms with Gasteiger partial charge in [0, 0.05) is 6.54 Å². The van der Waals surface area contributed by atoms with Gasteiger partial charge in [-0.15, -0.1) is 0 Å². The molecule has 0 aromatic heterocycles. The van der Waals surface area contributed by atoms with Crippen molar-refractivity contribution in [2.45, 2.75) is 26.3 Å². The van der Waals surface area contributed by atoms with Gasteiger partial charge in [0.2, 0.25) is 0 Å². The van der Waals surface area contributed by atoms with Crippen molar-refractivity contribution in [2.75, 3.05) is 6.54 Å². The summed E-state index contributed by atoms with van der Waals surface area (Å²) in [6.45, 7) is 6.24. The summed E-state index contributed by atoms with van der Waals surface area (Å²) in [5.41, 5.74) is -0.506. The zero-order valence-corrected chi connectivity index (χ0v) is 7.06. The molecule has 0 unspecified atom stereocenters. The highest BCUT2D eigenvalue weighted by molar-refractivity contribution is 6.08. The molecule has 1 aliphatic rings. The molecule has 4 nitrogen and oxygen atoms in total. The van der Waals surface area contributed by atoms with Gasteiger partial charge < -0.3 is 5.32 Å². The van der Waals surface area contributed by atoms with Crippen LogP contribution in [0.3, 0.4) is 0 Å². The molecule has 0 bridgehead atoms. The Morgan fingerprint density at radius 1 is 1.55 bits per heavy atom. The highest BCUT2D eigenvalue weighted by Crippen LogP contribution is 2.06. The van der Waals surface area contributed by atoms with E-state index < -0.39 is 5.54 Å². The standard InChI is InChI=1S/C7H13N3O/c1-4-8-6-9-5(11)7(2,3)10-6/h4H2,1-3H3,(H2,8,9,10,11). The van der Waals surface area contributed by atoms with E-state index in [9.17, 15) is 4.79 Å². The molecule has 0 spiro atoms. The molecule has 4 heteroatoms. The highest BCUT2D eigenvalue weighted by atomic mass is 16.2. The number of hydrogen-bond donors (Lipinski definition) is 2. The van der Waals surface area contributed by atoms with Crippen LogP contribution in [0, 0.1) is 0 Å². The lowest BCUT2D eigenvalue weighted by Gasteiger charge is -2.12. The molecule has 11 heavy (non-hydrogen) atoms. The topological polar surface area (TPSA) is 53.5 Å². The SMILES string of the molecule is CCN=C1NC(=O)C(C)(C)N1. The minimum atomic E-state index is -0.506. The summed E-state index contributed by atoms with van der Waals surface area (Å²) in [5.74, 6) is 0.562. The van der Waals surface area contributed by atoms with Crippen molar-refractivity contribution in [3.63, 3.8) is 0 Å². The number of rotatable bonds is 1. The third-order valence-corrected chi connectivity index (χ3v) is 1.55. The summed E-state index contributed by atoms with van der Waals surface area (Å²) in [6.07, 6.45) is 0. The van der Waals surface area contributed by atoms with Gasteiger partial charge in [-0.3, -0.25) is 15.1 Å². The molecule has 0 aromatic rings. The quantitative estimate of drug-likeness (QED) is 0.553. The van der Waals surface area contributed by atoms with Gasteiger partial charge in [0.05, 0.1) is 0 Å². The van der Waals surface area contributed by atoms with E-state index >= 15 is 0 Å². The van der Waals surface area contributed by atoms with Crippen molar-refractivity contribution < 1.29 is 4.79 Å². The van der Waals surface area contributed by atoms with Gasteiger partial charge in [-0.25, -0.2) is 0 Å². The summed E-state index contributed by atoms with van der Waals surface area (Å²) in [7, 11) is 0. The Balaban J connectivity index is 2.72. The molecular formula is C7H13N3O. The summed E-state index contributed by atoms with van der Waals surface area (Å²) < 4.78 is 0. The molecule has 0 aliphatic carbocycles. The third kappa shape index (κ3) is 1.50. The van der Waals surface area contributed by atoms with Crippen LogP contribution in [0.1, 0.15) is 20.8 Å². The van der Waals surface area contributed by atoms with Crippen molar-refractivity contribution in [1.29, 1.82) is 0 Å². The lowest BCUT2D eigenvalue weighted by molar-refractivity contribution is -0.122. The predicted molar refractivity (Wildman–Crippen MR) is 43.3 cm³/mol. The van der Waals surface area contributed by atoms with E-state index in [0.29, 0.717) is 12.5 Å². The highest BCUT2D eigenvalue weighted by Gasteiger charge is 2.35. The number of guanidine groups is 1. The number of carbonyl (C=O) groups is 1. The Kier molecular flexibility index (Phi) is 1.85. The fourth-order valence-electron chi connectivity index (χ4n) is 0.885. The monoisotopic (exact) mass is 155 g/mol. The first kappa shape index (κ1) is 8.04. The van der Waals surface area contributed by atoms with Crippen molar-refractivity contribution in [1.82, 2.24) is 10.6 Å². The van der Waals surface area contributed by atoms with Gasteiger partial charge in [-0.1, -0.05) is 0 Å². The second kappa shape index (κ2) is 2.53. The van der Waals surface area contributed by atoms with Crippen LogP contribution in [0.15, 0.2) is 4.99 Å². The van der Waals surface area contributed by atoms with Crippen LogP contribution in [0.2, 0.25) is 0 Å². The zero-order chi connectivity index (χ0) is 8.48. The fourth-order valence-corrected chi connectivity index (χ4v) is 0.885. The number of nitrogens with zero attached hydrogens (tertiary/aromatic N) is 1. The van der Waals surface area contributed by atoms with Crippen LogP contribution in [0.4, 0.5) is 0 Å². The second-order valence-corrected chi connectivity index (χ2v) is 3.03. The van der Waals surface area contributed by atoms with Gasteiger partial charge in [0.25, 0.3) is 5.91 Å². The Labute approximate surface area is 66.1 Å². The number of hydrogen-bond acceptors (Lipinski definition) is 2. The molecule has 1 rings (SSSR count). The van der Waals surface area contributed by atoms with Crippen LogP contribution in [-0.4, -0.2) is 24.0 Å². The number of aliphatic imine (C=N–C) groups is 1. The molecule has 1 saturated heterocycles. The molecule has 0 aromatic carbocycles. The van der Waals surface area contributed by atoms with Crippen LogP contribution in [0.5, 0.6) is 0 Å². The van der Waals surface area contributed by atoms with E-state index in [1.807, 2.05) is 20.8 Å². The number of nitrogens with one attached hydrogen (secondary N) is 2. The van der Waals surface area contributed by atoms with E-state index in [-0.39, 0.29) is 5.91 Å². The van der Waals surface area contributed by atoms with Gasteiger partial charge in [0.1, 0.15) is 5.54 Å². The Hall–Kier alpha value is -1.06. The van der Waals surface area contributed by atoms with Gasteiger partial charge in [-0.2, -0.15) is 0 Å². The molecule has 62 valence electrons. The van der Waals surface area contributed by atoms with E-state index in [1.165, 1.54) is 0 Å². The maximum atomic E-state index is 11.1. The van der Waals surface area contributed by atoms with E-state index in [1.54, 1.807) is 0 Å². The zero-order valence-electron chi connectivity index (χ0n) is 7.06. The van der Waals surface area contributed by atoms with Crippen molar-refractivity contribution in [3.8, 4) is 0 Å². The maximum Gasteiger partial charge on any atom is 0.251 e. The molecule has 0 atom stereocenters. The summed E-state index contributed by atoms with van der Waals surface area (Å²) in [6, 6.07) is 0. The first-order chi connectivity index (χ1) is 5.06. The van der Waals surface area contributed by atoms with Crippen LogP contribution >= 0.6 is 0 Å². The lowest BCUT2D eigenvalue weighted by atomic mass is 10.1.